The second-order valence-corrected chi connectivity index (χ2v) is 9.98. The quantitative estimate of drug-likeness (QED) is 0.587. The Morgan fingerprint density at radius 3 is 2.73 bits per heavy atom. The maximum Gasteiger partial charge on any atom is 0.306 e. The number of alkyl halides is 1. The number of rotatable bonds is 3. The molecule has 0 heterocycles. The number of fused-ring (bicyclic) bond motifs is 5. The van der Waals surface area contributed by atoms with Crippen molar-refractivity contribution in [3.05, 3.63) is 34.2 Å². The molecule has 2 saturated carbocycles. The van der Waals surface area contributed by atoms with E-state index in [2.05, 4.69) is 5.18 Å². The number of hydrogen-bond acceptors (Lipinski definition) is 5. The molecule has 0 amide bonds. The molecule has 1 unspecified atom stereocenters. The smallest absolute Gasteiger partial charge is 0.306 e. The van der Waals surface area contributed by atoms with Gasteiger partial charge in [-0.05, 0) is 72.6 Å². The summed E-state index contributed by atoms with van der Waals surface area (Å²) in [5.41, 5.74) is 1.61. The van der Waals surface area contributed by atoms with Crippen LogP contribution >= 0.6 is 0 Å². The van der Waals surface area contributed by atoms with E-state index in [-0.39, 0.29) is 29.0 Å². The summed E-state index contributed by atoms with van der Waals surface area (Å²) in [5.74, 6) is 0.633. The van der Waals surface area contributed by atoms with Gasteiger partial charge in [0.15, 0.2) is 0 Å². The number of nitrogens with zero attached hydrogens (tertiary/aromatic N) is 1. The fourth-order valence-electron chi connectivity index (χ4n) is 5.95. The zero-order valence-corrected chi connectivity index (χ0v) is 15.8. The number of nitroso groups, excluding NO2 is 1. The monoisotopic (exact) mass is 381 g/mol. The second kappa shape index (κ2) is 6.01. The van der Waals surface area contributed by atoms with E-state index in [9.17, 15) is 13.3 Å². The summed E-state index contributed by atoms with van der Waals surface area (Å²) in [4.78, 5) is 11.2. The van der Waals surface area contributed by atoms with Crippen molar-refractivity contribution in [2.24, 2.45) is 22.4 Å². The van der Waals surface area contributed by atoms with Crippen LogP contribution in [0.3, 0.4) is 0 Å². The van der Waals surface area contributed by atoms with Gasteiger partial charge in [-0.25, -0.2) is 4.39 Å². The molecule has 5 nitrogen and oxygen atoms in total. The topological polar surface area (TPSA) is 72.8 Å². The van der Waals surface area contributed by atoms with Crippen molar-refractivity contribution in [1.82, 2.24) is 0 Å². The Hall–Kier alpha value is -1.50. The third-order valence-corrected chi connectivity index (χ3v) is 7.45. The average Bonchev–Trinajstić information content (AvgIpc) is 2.88. The van der Waals surface area contributed by atoms with Crippen molar-refractivity contribution < 1.29 is 17.0 Å². The third kappa shape index (κ3) is 2.75. The number of benzene rings is 1. The van der Waals surface area contributed by atoms with Gasteiger partial charge in [0, 0.05) is 5.92 Å². The predicted octanol–water partition coefficient (Wildman–Crippen LogP) is 3.96. The maximum atomic E-state index is 15.3. The summed E-state index contributed by atoms with van der Waals surface area (Å²) in [6.07, 6.45) is 3.70. The van der Waals surface area contributed by atoms with Crippen LogP contribution in [0.4, 0.5) is 4.39 Å². The fourth-order valence-corrected chi connectivity index (χ4v) is 6.41. The molecule has 3 aliphatic carbocycles. The minimum absolute atomic E-state index is 0.186. The summed E-state index contributed by atoms with van der Waals surface area (Å²) in [5, 5.41) is 3.32. The van der Waals surface area contributed by atoms with Crippen LogP contribution < -0.4 is 4.18 Å². The van der Waals surface area contributed by atoms with E-state index in [1.165, 1.54) is 0 Å². The van der Waals surface area contributed by atoms with E-state index in [1.54, 1.807) is 12.1 Å². The lowest BCUT2D eigenvalue weighted by molar-refractivity contribution is -0.00576. The molecule has 0 spiro atoms. The van der Waals surface area contributed by atoms with Crippen molar-refractivity contribution in [2.75, 3.05) is 6.26 Å². The SMILES string of the molecule is C[C@]12C[C@H](F)[C@@H]3c4ccc(OS(C)(=O)=O)cc4CC[C@H]3[C@@H]1CCC2N=O. The van der Waals surface area contributed by atoms with Crippen LogP contribution in [0.5, 0.6) is 5.75 Å². The molecule has 7 heteroatoms. The first-order valence-electron chi connectivity index (χ1n) is 9.22. The lowest BCUT2D eigenvalue weighted by Crippen LogP contribution is -2.48. The minimum Gasteiger partial charge on any atom is -0.383 e. The molecule has 4 rings (SSSR count). The predicted molar refractivity (Wildman–Crippen MR) is 96.4 cm³/mol. The number of hydrogen-bond donors (Lipinski definition) is 0. The van der Waals surface area contributed by atoms with E-state index in [0.717, 1.165) is 43.1 Å². The summed E-state index contributed by atoms with van der Waals surface area (Å²) in [7, 11) is -3.58. The number of aryl methyl sites for hydroxylation is 1. The highest BCUT2D eigenvalue weighted by molar-refractivity contribution is 7.86. The zero-order chi connectivity index (χ0) is 18.7. The highest BCUT2D eigenvalue weighted by Gasteiger charge is 2.58. The van der Waals surface area contributed by atoms with Gasteiger partial charge >= 0.3 is 10.1 Å². The Balaban J connectivity index is 1.68. The largest absolute Gasteiger partial charge is 0.383 e. The first-order valence-corrected chi connectivity index (χ1v) is 11.0. The van der Waals surface area contributed by atoms with Crippen molar-refractivity contribution >= 4 is 10.1 Å². The standard InChI is InChI=1S/C19H24FNO4S/c1-19-10-16(20)18-13-6-4-12(25-26(2,23)24)9-11(13)3-5-14(18)15(19)7-8-17(19)21-22/h4,6,9,14-18H,3,5,7-8,10H2,1-2H3/t14-,15-,16-,17?,18+,19-/m0/s1. The van der Waals surface area contributed by atoms with Crippen LogP contribution in [0, 0.1) is 22.2 Å². The third-order valence-electron chi connectivity index (χ3n) is 6.96. The van der Waals surface area contributed by atoms with E-state index in [4.69, 9.17) is 4.18 Å². The molecule has 6 atom stereocenters. The van der Waals surface area contributed by atoms with Gasteiger partial charge in [-0.2, -0.15) is 13.3 Å². The van der Waals surface area contributed by atoms with Gasteiger partial charge in [-0.3, -0.25) is 0 Å². The maximum absolute atomic E-state index is 15.3. The van der Waals surface area contributed by atoms with Gasteiger partial charge < -0.3 is 4.18 Å². The molecule has 0 saturated heterocycles. The summed E-state index contributed by atoms with van der Waals surface area (Å²) in [6, 6.07) is 4.90. The summed E-state index contributed by atoms with van der Waals surface area (Å²) < 4.78 is 43.0. The second-order valence-electron chi connectivity index (χ2n) is 8.41. The molecular weight excluding hydrogens is 357 g/mol. The van der Waals surface area contributed by atoms with Crippen LogP contribution in [-0.2, 0) is 16.5 Å². The van der Waals surface area contributed by atoms with E-state index in [1.807, 2.05) is 13.0 Å². The molecule has 26 heavy (non-hydrogen) atoms. The molecule has 0 aliphatic heterocycles. The molecule has 2 fully saturated rings. The minimum atomic E-state index is -3.58. The van der Waals surface area contributed by atoms with Crippen LogP contribution in [0.2, 0.25) is 0 Å². The van der Waals surface area contributed by atoms with E-state index < -0.39 is 16.3 Å². The molecule has 0 bridgehead atoms. The van der Waals surface area contributed by atoms with Gasteiger partial charge in [0.25, 0.3) is 0 Å². The van der Waals surface area contributed by atoms with Crippen molar-refractivity contribution in [1.29, 1.82) is 0 Å². The fraction of sp³-hybridized carbons (Fsp3) is 0.684. The Morgan fingerprint density at radius 2 is 2.04 bits per heavy atom. The molecule has 3 aliphatic rings. The molecule has 0 aromatic heterocycles. The average molecular weight is 381 g/mol. The molecule has 0 N–H and O–H groups in total. The van der Waals surface area contributed by atoms with Crippen molar-refractivity contribution in [3.63, 3.8) is 0 Å². The van der Waals surface area contributed by atoms with Crippen molar-refractivity contribution in [3.8, 4) is 5.75 Å². The first kappa shape index (κ1) is 17.9. The van der Waals surface area contributed by atoms with Crippen molar-refractivity contribution in [2.45, 2.75) is 57.2 Å². The Morgan fingerprint density at radius 1 is 1.27 bits per heavy atom. The van der Waals surface area contributed by atoms with E-state index in [0.29, 0.717) is 12.3 Å². The van der Waals surface area contributed by atoms with E-state index >= 15 is 4.39 Å². The molecule has 0 radical (unpaired) electrons. The lowest BCUT2D eigenvalue weighted by Gasteiger charge is -2.51. The highest BCUT2D eigenvalue weighted by atomic mass is 32.2. The molecule has 1 aromatic carbocycles. The van der Waals surface area contributed by atoms with Gasteiger partial charge in [-0.15, -0.1) is 0 Å². The van der Waals surface area contributed by atoms with Gasteiger partial charge in [0.05, 0.1) is 12.3 Å². The molecule has 1 aromatic rings. The van der Waals surface area contributed by atoms with Gasteiger partial charge in [0.1, 0.15) is 11.9 Å². The van der Waals surface area contributed by atoms with Gasteiger partial charge in [-0.1, -0.05) is 18.2 Å². The van der Waals surface area contributed by atoms with Crippen LogP contribution in [0.25, 0.3) is 0 Å². The highest BCUT2D eigenvalue weighted by Crippen LogP contribution is 2.62. The van der Waals surface area contributed by atoms with Crippen LogP contribution in [0.1, 0.15) is 49.7 Å². The number of halogens is 1. The molecular formula is C19H24FNO4S. The summed E-state index contributed by atoms with van der Waals surface area (Å²) in [6.45, 7) is 2.04. The van der Waals surface area contributed by atoms with Crippen LogP contribution in [0.15, 0.2) is 23.4 Å². The Labute approximate surface area is 153 Å². The van der Waals surface area contributed by atoms with Gasteiger partial charge in [0.2, 0.25) is 0 Å². The van der Waals surface area contributed by atoms with Crippen LogP contribution in [-0.4, -0.2) is 26.9 Å². The zero-order valence-electron chi connectivity index (χ0n) is 15.0. The lowest BCUT2D eigenvalue weighted by atomic mass is 9.54. The first-order chi connectivity index (χ1) is 12.2. The Kier molecular flexibility index (Phi) is 4.13. The Bertz CT molecular complexity index is 842. The summed E-state index contributed by atoms with van der Waals surface area (Å²) >= 11 is 0. The normalized spacial score (nSPS) is 38.8. The molecule has 142 valence electrons.